The summed E-state index contributed by atoms with van der Waals surface area (Å²) in [5.74, 6) is 0.191. The van der Waals surface area contributed by atoms with Gasteiger partial charge in [-0.05, 0) is 67.3 Å². The predicted octanol–water partition coefficient (Wildman–Crippen LogP) is 3.06. The molecule has 0 radical (unpaired) electrons. The van der Waals surface area contributed by atoms with Crippen LogP contribution in [0.1, 0.15) is 36.6 Å². The van der Waals surface area contributed by atoms with Crippen LogP contribution >= 0.6 is 0 Å². The minimum atomic E-state index is -0.311. The van der Waals surface area contributed by atoms with Crippen molar-refractivity contribution in [1.29, 1.82) is 0 Å². The number of pyridine rings is 2. The van der Waals surface area contributed by atoms with Crippen molar-refractivity contribution < 1.29 is 18.7 Å². The van der Waals surface area contributed by atoms with Gasteiger partial charge in [0.15, 0.2) is 0 Å². The number of amides is 1. The van der Waals surface area contributed by atoms with Gasteiger partial charge in [0, 0.05) is 62.9 Å². The maximum atomic E-state index is 14.4. The number of carbonyl (C=O) groups excluding carboxylic acids is 1. The first kappa shape index (κ1) is 28.7. The van der Waals surface area contributed by atoms with Crippen LogP contribution in [0.15, 0.2) is 61.1 Å². The van der Waals surface area contributed by atoms with E-state index in [0.29, 0.717) is 37.2 Å². The Kier molecular flexibility index (Phi) is 8.76. The number of rotatable bonds is 7. The molecule has 6 rings (SSSR count). The first-order valence-electron chi connectivity index (χ1n) is 14.8. The van der Waals surface area contributed by atoms with Gasteiger partial charge in [-0.25, -0.2) is 9.37 Å². The number of halogens is 1. The van der Waals surface area contributed by atoms with E-state index < -0.39 is 0 Å². The van der Waals surface area contributed by atoms with Gasteiger partial charge >= 0.3 is 0 Å². The molecule has 0 aliphatic carbocycles. The van der Waals surface area contributed by atoms with Crippen LogP contribution in [0.4, 0.5) is 10.1 Å². The lowest BCUT2D eigenvalue weighted by molar-refractivity contribution is -0.122. The Morgan fingerprint density at radius 2 is 1.88 bits per heavy atom. The van der Waals surface area contributed by atoms with Crippen LogP contribution in [0.2, 0.25) is 0 Å². The highest BCUT2D eigenvalue weighted by Gasteiger charge is 2.38. The summed E-state index contributed by atoms with van der Waals surface area (Å²) < 4.78 is 25.3. The number of fused-ring (bicyclic) bond motifs is 1. The van der Waals surface area contributed by atoms with Crippen molar-refractivity contribution in [3.8, 4) is 5.88 Å². The highest BCUT2D eigenvalue weighted by Crippen LogP contribution is 2.39. The van der Waals surface area contributed by atoms with Crippen molar-refractivity contribution in [2.45, 2.75) is 44.4 Å². The molecule has 3 aliphatic rings. The van der Waals surface area contributed by atoms with Gasteiger partial charge in [-0.1, -0.05) is 12.1 Å². The van der Waals surface area contributed by atoms with Crippen LogP contribution in [0, 0.1) is 5.82 Å². The Morgan fingerprint density at radius 1 is 1.07 bits per heavy atom. The molecule has 1 amide bonds. The van der Waals surface area contributed by atoms with Crippen molar-refractivity contribution in [2.24, 2.45) is 0 Å². The Balaban J connectivity index is 1.29. The fourth-order valence-electron chi connectivity index (χ4n) is 6.20. The fourth-order valence-corrected chi connectivity index (χ4v) is 6.20. The van der Waals surface area contributed by atoms with Gasteiger partial charge in [0.25, 0.3) is 0 Å². The van der Waals surface area contributed by atoms with E-state index in [1.165, 1.54) is 12.1 Å². The summed E-state index contributed by atoms with van der Waals surface area (Å²) in [6.45, 7) is 9.84. The standard InChI is InChI=1S/C32H39FN6O3/c1-22-17-38(28(16-35-22)18-37-11-12-41-20-23(37)2)19-31(40)39-29-14-25(13-24-3-5-27(33)6-4-24)15-36-32(29)42-21-30(39)26-7-9-34-10-8-26/h3-10,14-15,22-23,28,30,35H,11-13,16-21H2,1-2H3/t22-,23-,28-,30?/m1/s1. The molecular formula is C32H39FN6O3. The minimum Gasteiger partial charge on any atom is -0.474 e. The van der Waals surface area contributed by atoms with Crippen molar-refractivity contribution in [2.75, 3.05) is 57.4 Å². The number of morpholine rings is 1. The van der Waals surface area contributed by atoms with Gasteiger partial charge in [0.05, 0.1) is 25.8 Å². The molecule has 42 heavy (non-hydrogen) atoms. The monoisotopic (exact) mass is 574 g/mol. The topological polar surface area (TPSA) is 83.1 Å². The quantitative estimate of drug-likeness (QED) is 0.461. The van der Waals surface area contributed by atoms with Gasteiger partial charge in [-0.3, -0.25) is 24.5 Å². The third kappa shape index (κ3) is 6.47. The summed E-state index contributed by atoms with van der Waals surface area (Å²) in [4.78, 5) is 29.9. The molecule has 2 aromatic heterocycles. The number of aromatic nitrogens is 2. The number of nitrogens with one attached hydrogen (secondary N) is 1. The van der Waals surface area contributed by atoms with E-state index in [0.717, 1.165) is 56.1 Å². The highest BCUT2D eigenvalue weighted by atomic mass is 19.1. The average Bonchev–Trinajstić information content (AvgIpc) is 3.00. The molecule has 10 heteroatoms. The molecule has 3 aromatic rings. The molecule has 2 saturated heterocycles. The molecule has 1 unspecified atom stereocenters. The Hall–Kier alpha value is -3.44. The van der Waals surface area contributed by atoms with Crippen LogP contribution in [-0.2, 0) is 16.0 Å². The number of hydrogen-bond donors (Lipinski definition) is 1. The van der Waals surface area contributed by atoms with Crippen LogP contribution in [0.25, 0.3) is 0 Å². The first-order valence-corrected chi connectivity index (χ1v) is 14.8. The Morgan fingerprint density at radius 3 is 2.67 bits per heavy atom. The van der Waals surface area contributed by atoms with E-state index in [1.54, 1.807) is 30.7 Å². The number of hydrogen-bond acceptors (Lipinski definition) is 8. The lowest BCUT2D eigenvalue weighted by Gasteiger charge is -2.44. The summed E-state index contributed by atoms with van der Waals surface area (Å²) >= 11 is 0. The second-order valence-corrected chi connectivity index (χ2v) is 11.7. The molecule has 3 aliphatic heterocycles. The van der Waals surface area contributed by atoms with Gasteiger partial charge in [-0.15, -0.1) is 0 Å². The summed E-state index contributed by atoms with van der Waals surface area (Å²) in [5.41, 5.74) is 3.51. The first-order chi connectivity index (χ1) is 20.4. The molecule has 1 aromatic carbocycles. The van der Waals surface area contributed by atoms with E-state index in [-0.39, 0.29) is 29.8 Å². The Labute approximate surface area is 246 Å². The molecule has 222 valence electrons. The van der Waals surface area contributed by atoms with E-state index >= 15 is 0 Å². The zero-order chi connectivity index (χ0) is 29.1. The fraction of sp³-hybridized carbons (Fsp3) is 0.469. The van der Waals surface area contributed by atoms with Gasteiger partial charge in [0.2, 0.25) is 11.8 Å². The van der Waals surface area contributed by atoms with E-state index in [9.17, 15) is 9.18 Å². The van der Waals surface area contributed by atoms with Crippen molar-refractivity contribution in [1.82, 2.24) is 25.1 Å². The third-order valence-corrected chi connectivity index (χ3v) is 8.53. The molecular weight excluding hydrogens is 535 g/mol. The molecule has 0 saturated carbocycles. The normalized spacial score (nSPS) is 25.1. The summed E-state index contributed by atoms with van der Waals surface area (Å²) in [7, 11) is 0. The van der Waals surface area contributed by atoms with E-state index in [2.05, 4.69) is 38.9 Å². The van der Waals surface area contributed by atoms with Crippen molar-refractivity contribution in [3.63, 3.8) is 0 Å². The van der Waals surface area contributed by atoms with Crippen LogP contribution in [0.3, 0.4) is 0 Å². The maximum Gasteiger partial charge on any atom is 0.242 e. The number of benzene rings is 1. The molecule has 4 atom stereocenters. The molecule has 5 heterocycles. The number of piperazine rings is 1. The zero-order valence-corrected chi connectivity index (χ0v) is 24.3. The Bertz CT molecular complexity index is 1360. The lowest BCUT2D eigenvalue weighted by Crippen LogP contribution is -2.62. The molecule has 1 N–H and O–H groups in total. The minimum absolute atomic E-state index is 0.0104. The van der Waals surface area contributed by atoms with Crippen LogP contribution in [-0.4, -0.2) is 96.3 Å². The number of anilines is 1. The van der Waals surface area contributed by atoms with Crippen LogP contribution in [0.5, 0.6) is 5.88 Å². The molecule has 9 nitrogen and oxygen atoms in total. The smallest absolute Gasteiger partial charge is 0.242 e. The summed E-state index contributed by atoms with van der Waals surface area (Å²) in [6, 6.07) is 12.9. The lowest BCUT2D eigenvalue weighted by atomic mass is 10.0. The molecule has 0 spiro atoms. The number of nitrogens with zero attached hydrogens (tertiary/aromatic N) is 5. The average molecular weight is 575 g/mol. The largest absolute Gasteiger partial charge is 0.474 e. The van der Waals surface area contributed by atoms with E-state index in [4.69, 9.17) is 9.47 Å². The van der Waals surface area contributed by atoms with Crippen molar-refractivity contribution >= 4 is 11.6 Å². The third-order valence-electron chi connectivity index (χ3n) is 8.53. The van der Waals surface area contributed by atoms with Gasteiger partial charge in [-0.2, -0.15) is 0 Å². The van der Waals surface area contributed by atoms with Gasteiger partial charge in [0.1, 0.15) is 18.1 Å². The highest BCUT2D eigenvalue weighted by molar-refractivity contribution is 5.97. The SMILES string of the molecule is C[C@@H]1CN(CC(=O)N2c3cc(Cc4ccc(F)cc4)cnc3OCC2c2ccncc2)[C@@H](CN2CCOC[C@H]2C)CN1. The van der Waals surface area contributed by atoms with Crippen LogP contribution < -0.4 is 15.0 Å². The maximum absolute atomic E-state index is 14.4. The molecule has 0 bridgehead atoms. The summed E-state index contributed by atoms with van der Waals surface area (Å²) in [5, 5.41) is 3.62. The van der Waals surface area contributed by atoms with E-state index in [1.807, 2.05) is 23.1 Å². The second-order valence-electron chi connectivity index (χ2n) is 11.7. The predicted molar refractivity (Wildman–Crippen MR) is 158 cm³/mol. The molecule has 2 fully saturated rings. The number of carbonyl (C=O) groups is 1. The van der Waals surface area contributed by atoms with Gasteiger partial charge < -0.3 is 14.8 Å². The number of ether oxygens (including phenoxy) is 2. The second kappa shape index (κ2) is 12.8. The zero-order valence-electron chi connectivity index (χ0n) is 24.3. The summed E-state index contributed by atoms with van der Waals surface area (Å²) in [6.07, 6.45) is 5.83. The van der Waals surface area contributed by atoms with Crippen molar-refractivity contribution in [3.05, 3.63) is 83.6 Å².